The van der Waals surface area contributed by atoms with E-state index in [2.05, 4.69) is 9.24 Å². The molecule has 0 saturated carbocycles. The number of ether oxygens (including phenoxy) is 1. The van der Waals surface area contributed by atoms with E-state index in [1.807, 2.05) is 20.8 Å². The maximum atomic E-state index is 11.8. The number of nitrogens with two attached hydrogens (primary N) is 1. The van der Waals surface area contributed by atoms with Gasteiger partial charge in [0.15, 0.2) is 0 Å². The van der Waals surface area contributed by atoms with E-state index in [0.29, 0.717) is 25.9 Å². The van der Waals surface area contributed by atoms with Crippen molar-refractivity contribution in [2.75, 3.05) is 13.1 Å². The number of amides is 2. The molecule has 5 nitrogen and oxygen atoms in total. The molecular formula is C11H21N2O3P. The van der Waals surface area contributed by atoms with Crippen LogP contribution in [0, 0.1) is 0 Å². The van der Waals surface area contributed by atoms with Crippen molar-refractivity contribution < 1.29 is 14.3 Å². The number of hydrogen-bond donors (Lipinski definition) is 1. The molecule has 1 aliphatic rings. The molecule has 1 fully saturated rings. The molecule has 1 unspecified atom stereocenters. The van der Waals surface area contributed by atoms with Crippen LogP contribution in [0.2, 0.25) is 0 Å². The smallest absolute Gasteiger partial charge is 0.410 e. The van der Waals surface area contributed by atoms with Gasteiger partial charge in [-0.05, 0) is 33.6 Å². The van der Waals surface area contributed by atoms with Gasteiger partial charge in [0.2, 0.25) is 5.91 Å². The Labute approximate surface area is 104 Å². The monoisotopic (exact) mass is 260 g/mol. The third kappa shape index (κ3) is 3.84. The van der Waals surface area contributed by atoms with Crippen LogP contribution in [0.4, 0.5) is 4.79 Å². The lowest BCUT2D eigenvalue weighted by Crippen LogP contribution is -2.50. The number of piperidine rings is 1. The molecule has 1 heterocycles. The molecule has 1 saturated heterocycles. The van der Waals surface area contributed by atoms with Crippen LogP contribution in [0.5, 0.6) is 0 Å². The minimum absolute atomic E-state index is 0.325. The molecule has 0 aliphatic carbocycles. The molecule has 2 N–H and O–H groups in total. The second kappa shape index (κ2) is 4.81. The number of carbonyl (C=O) groups excluding carboxylic acids is 2. The summed E-state index contributed by atoms with van der Waals surface area (Å²) in [4.78, 5) is 24.6. The fourth-order valence-electron chi connectivity index (χ4n) is 1.66. The molecule has 1 atom stereocenters. The van der Waals surface area contributed by atoms with Gasteiger partial charge in [0.25, 0.3) is 0 Å². The second-order valence-electron chi connectivity index (χ2n) is 5.49. The largest absolute Gasteiger partial charge is 0.444 e. The van der Waals surface area contributed by atoms with Gasteiger partial charge < -0.3 is 15.4 Å². The molecule has 0 spiro atoms. The molecule has 98 valence electrons. The van der Waals surface area contributed by atoms with Crippen LogP contribution in [-0.2, 0) is 9.53 Å². The summed E-state index contributed by atoms with van der Waals surface area (Å²) in [6.45, 7) is 6.50. The van der Waals surface area contributed by atoms with Crippen LogP contribution in [0.25, 0.3) is 0 Å². The average Bonchev–Trinajstić information content (AvgIpc) is 2.15. The normalized spacial score (nSPS) is 19.9. The van der Waals surface area contributed by atoms with E-state index >= 15 is 0 Å². The number of primary amides is 1. The lowest BCUT2D eigenvalue weighted by atomic mass is 9.95. The van der Waals surface area contributed by atoms with E-state index in [1.165, 1.54) is 0 Å². The van der Waals surface area contributed by atoms with Crippen molar-refractivity contribution in [2.45, 2.75) is 44.4 Å². The van der Waals surface area contributed by atoms with E-state index in [1.54, 1.807) is 4.90 Å². The summed E-state index contributed by atoms with van der Waals surface area (Å²) >= 11 is 0. The Morgan fingerprint density at radius 2 is 1.76 bits per heavy atom. The molecule has 2 amide bonds. The highest BCUT2D eigenvalue weighted by molar-refractivity contribution is 7.21. The van der Waals surface area contributed by atoms with Crippen molar-refractivity contribution in [2.24, 2.45) is 5.73 Å². The fraction of sp³-hybridized carbons (Fsp3) is 0.818. The maximum absolute atomic E-state index is 11.8. The predicted octanol–water partition coefficient (Wildman–Crippen LogP) is 1.12. The van der Waals surface area contributed by atoms with Crippen LogP contribution in [0.15, 0.2) is 0 Å². The van der Waals surface area contributed by atoms with Crippen molar-refractivity contribution in [1.82, 2.24) is 4.90 Å². The van der Waals surface area contributed by atoms with Crippen LogP contribution < -0.4 is 5.73 Å². The van der Waals surface area contributed by atoms with Gasteiger partial charge in [0.1, 0.15) is 5.60 Å². The first-order valence-electron chi connectivity index (χ1n) is 5.71. The Bertz CT molecular complexity index is 317. The minimum atomic E-state index is -0.571. The molecule has 17 heavy (non-hydrogen) atoms. The SMILES string of the molecule is CC(C)(C)OC(=O)N1CCC(P)(C(N)=O)CC1. The third-order valence-corrected chi connectivity index (χ3v) is 3.66. The Kier molecular flexibility index (Phi) is 4.03. The summed E-state index contributed by atoms with van der Waals surface area (Å²) in [6, 6.07) is 0. The first kappa shape index (κ1) is 14.2. The summed E-state index contributed by atoms with van der Waals surface area (Å²) < 4.78 is 5.27. The summed E-state index contributed by atoms with van der Waals surface area (Å²) in [5.74, 6) is -0.327. The zero-order valence-electron chi connectivity index (χ0n) is 10.7. The van der Waals surface area contributed by atoms with E-state index in [-0.39, 0.29) is 12.0 Å². The highest BCUT2D eigenvalue weighted by atomic mass is 31.0. The van der Waals surface area contributed by atoms with Crippen LogP contribution >= 0.6 is 9.24 Å². The Balaban J connectivity index is 2.53. The van der Waals surface area contributed by atoms with Gasteiger partial charge in [0, 0.05) is 13.1 Å². The van der Waals surface area contributed by atoms with Crippen molar-refractivity contribution in [3.63, 3.8) is 0 Å². The summed E-state index contributed by atoms with van der Waals surface area (Å²) in [6.07, 6.45) is 0.799. The number of carbonyl (C=O) groups is 2. The highest BCUT2D eigenvalue weighted by Gasteiger charge is 2.37. The molecule has 0 radical (unpaired) electrons. The number of likely N-dealkylation sites (tertiary alicyclic amines) is 1. The topological polar surface area (TPSA) is 72.6 Å². The van der Waals surface area contributed by atoms with E-state index < -0.39 is 10.8 Å². The summed E-state index contributed by atoms with van der Waals surface area (Å²) in [5.41, 5.74) is 4.84. The van der Waals surface area contributed by atoms with E-state index in [4.69, 9.17) is 10.5 Å². The molecule has 0 aromatic carbocycles. The van der Waals surface area contributed by atoms with Gasteiger partial charge in [-0.3, -0.25) is 4.79 Å². The summed E-state index contributed by atoms with van der Waals surface area (Å²) in [5, 5.41) is -0.571. The molecule has 1 rings (SSSR count). The van der Waals surface area contributed by atoms with Crippen LogP contribution in [0.3, 0.4) is 0 Å². The number of rotatable bonds is 1. The molecule has 0 aromatic heterocycles. The lowest BCUT2D eigenvalue weighted by molar-refractivity contribution is -0.121. The van der Waals surface area contributed by atoms with Crippen molar-refractivity contribution in [3.8, 4) is 0 Å². The Morgan fingerprint density at radius 1 is 1.29 bits per heavy atom. The lowest BCUT2D eigenvalue weighted by Gasteiger charge is -2.37. The van der Waals surface area contributed by atoms with Crippen LogP contribution in [0.1, 0.15) is 33.6 Å². The van der Waals surface area contributed by atoms with Gasteiger partial charge in [0.05, 0.1) is 5.16 Å². The first-order valence-corrected chi connectivity index (χ1v) is 6.28. The van der Waals surface area contributed by atoms with E-state index in [0.717, 1.165) is 0 Å². The van der Waals surface area contributed by atoms with E-state index in [9.17, 15) is 9.59 Å². The fourth-order valence-corrected chi connectivity index (χ4v) is 1.92. The van der Waals surface area contributed by atoms with Gasteiger partial charge in [-0.15, -0.1) is 9.24 Å². The van der Waals surface area contributed by atoms with Gasteiger partial charge >= 0.3 is 6.09 Å². The predicted molar refractivity (Wildman–Crippen MR) is 68.7 cm³/mol. The van der Waals surface area contributed by atoms with Crippen molar-refractivity contribution in [1.29, 1.82) is 0 Å². The number of nitrogens with zero attached hydrogens (tertiary/aromatic N) is 1. The average molecular weight is 260 g/mol. The van der Waals surface area contributed by atoms with Gasteiger partial charge in [-0.1, -0.05) is 0 Å². The standard InChI is InChI=1S/C11H21N2O3P/c1-10(2,3)16-9(15)13-6-4-11(17,5-7-13)8(12)14/h4-7,17H2,1-3H3,(H2,12,14). The quantitative estimate of drug-likeness (QED) is 0.718. The zero-order valence-corrected chi connectivity index (χ0v) is 11.8. The minimum Gasteiger partial charge on any atom is -0.444 e. The van der Waals surface area contributed by atoms with Crippen molar-refractivity contribution >= 4 is 21.2 Å². The second-order valence-corrected chi connectivity index (χ2v) is 6.59. The maximum Gasteiger partial charge on any atom is 0.410 e. The molecule has 0 bridgehead atoms. The van der Waals surface area contributed by atoms with Gasteiger partial charge in [-0.25, -0.2) is 4.79 Å². The first-order chi connectivity index (χ1) is 7.64. The van der Waals surface area contributed by atoms with Crippen LogP contribution in [-0.4, -0.2) is 40.7 Å². The number of hydrogen-bond acceptors (Lipinski definition) is 3. The molecule has 1 aliphatic heterocycles. The molecule has 6 heteroatoms. The third-order valence-electron chi connectivity index (χ3n) is 2.80. The molecular weight excluding hydrogens is 239 g/mol. The zero-order chi connectivity index (χ0) is 13.3. The highest BCUT2D eigenvalue weighted by Crippen LogP contribution is 2.31. The van der Waals surface area contributed by atoms with Crippen molar-refractivity contribution in [3.05, 3.63) is 0 Å². The Morgan fingerprint density at radius 3 is 2.12 bits per heavy atom. The Hall–Kier alpha value is -0.830. The van der Waals surface area contributed by atoms with Gasteiger partial charge in [-0.2, -0.15) is 0 Å². The summed E-state index contributed by atoms with van der Waals surface area (Å²) in [7, 11) is 2.51. The molecule has 0 aromatic rings.